The zero-order valence-corrected chi connectivity index (χ0v) is 7.98. The fraction of sp³-hybridized carbons (Fsp3) is 0.400. The van der Waals surface area contributed by atoms with E-state index in [1.165, 1.54) is 16.8 Å². The molecule has 3 nitrogen and oxygen atoms in total. The van der Waals surface area contributed by atoms with Crippen molar-refractivity contribution in [2.45, 2.75) is 13.3 Å². The zero-order valence-electron chi connectivity index (χ0n) is 7.98. The Morgan fingerprint density at radius 3 is 3.00 bits per heavy atom. The Balaban J connectivity index is 2.65. The van der Waals surface area contributed by atoms with Gasteiger partial charge in [-0.2, -0.15) is 0 Å². The lowest BCUT2D eigenvalue weighted by Crippen LogP contribution is -1.98. The van der Waals surface area contributed by atoms with Gasteiger partial charge in [0.05, 0.1) is 12.8 Å². The van der Waals surface area contributed by atoms with Crippen molar-refractivity contribution in [1.82, 2.24) is 0 Å². The molecule has 0 radical (unpaired) electrons. The predicted molar refractivity (Wildman–Crippen MR) is 54.3 cm³/mol. The number of aryl methyl sites for hydroxylation is 1. The Morgan fingerprint density at radius 1 is 1.54 bits per heavy atom. The lowest BCUT2D eigenvalue weighted by molar-refractivity contribution is 0.413. The van der Waals surface area contributed by atoms with E-state index >= 15 is 0 Å². The highest BCUT2D eigenvalue weighted by atomic mass is 16.5. The number of ether oxygens (including phenoxy) is 1. The number of nitrogens with two attached hydrogens (primary N) is 1. The second-order valence-corrected chi connectivity index (χ2v) is 3.35. The summed E-state index contributed by atoms with van der Waals surface area (Å²) < 4.78 is 5.28. The van der Waals surface area contributed by atoms with Gasteiger partial charge < -0.3 is 15.8 Å². The maximum absolute atomic E-state index is 5.85. The van der Waals surface area contributed by atoms with E-state index in [0.29, 0.717) is 0 Å². The number of hydrogen-bond donors (Lipinski definition) is 2. The lowest BCUT2D eigenvalue weighted by Gasteiger charge is -2.12. The summed E-state index contributed by atoms with van der Waals surface area (Å²) in [7, 11) is 1.67. The van der Waals surface area contributed by atoms with Crippen molar-refractivity contribution in [1.29, 1.82) is 0 Å². The van der Waals surface area contributed by atoms with Crippen molar-refractivity contribution in [3.05, 3.63) is 17.2 Å². The molecule has 1 aromatic carbocycles. The van der Waals surface area contributed by atoms with E-state index in [2.05, 4.69) is 12.2 Å². The third-order valence-electron chi connectivity index (χ3n) is 2.49. The molecular formula is C10H14N2O. The first-order valence-electron chi connectivity index (χ1n) is 4.44. The molecule has 0 aromatic heterocycles. The van der Waals surface area contributed by atoms with E-state index in [0.717, 1.165) is 24.4 Å². The van der Waals surface area contributed by atoms with Crippen molar-refractivity contribution >= 4 is 11.4 Å². The number of nitrogen functional groups attached to an aromatic ring is 1. The molecule has 0 unspecified atom stereocenters. The Kier molecular flexibility index (Phi) is 1.79. The van der Waals surface area contributed by atoms with Crippen molar-refractivity contribution < 1.29 is 4.74 Å². The Morgan fingerprint density at radius 2 is 2.31 bits per heavy atom. The predicted octanol–water partition coefficient (Wildman–Crippen LogP) is 1.55. The number of rotatable bonds is 1. The summed E-state index contributed by atoms with van der Waals surface area (Å²) in [6, 6.07) is 1.95. The molecule has 0 fully saturated rings. The van der Waals surface area contributed by atoms with E-state index in [9.17, 15) is 0 Å². The minimum Gasteiger partial charge on any atom is -0.494 e. The summed E-state index contributed by atoms with van der Waals surface area (Å²) in [6.07, 6.45) is 1.00. The van der Waals surface area contributed by atoms with Crippen LogP contribution in [0.1, 0.15) is 11.1 Å². The number of anilines is 2. The van der Waals surface area contributed by atoms with Gasteiger partial charge in [0.15, 0.2) is 0 Å². The third kappa shape index (κ3) is 1.11. The van der Waals surface area contributed by atoms with Crippen LogP contribution in [-0.4, -0.2) is 13.7 Å². The van der Waals surface area contributed by atoms with Gasteiger partial charge in [-0.1, -0.05) is 0 Å². The molecule has 1 aliphatic heterocycles. The maximum Gasteiger partial charge on any atom is 0.147 e. The number of fused-ring (bicyclic) bond motifs is 1. The molecule has 0 saturated carbocycles. The smallest absolute Gasteiger partial charge is 0.147 e. The van der Waals surface area contributed by atoms with E-state index in [4.69, 9.17) is 10.5 Å². The summed E-state index contributed by atoms with van der Waals surface area (Å²) in [6.45, 7) is 3.04. The number of methoxy groups -OCH3 is 1. The van der Waals surface area contributed by atoms with Gasteiger partial charge in [0.1, 0.15) is 5.75 Å². The largest absolute Gasteiger partial charge is 0.494 e. The number of benzene rings is 1. The van der Waals surface area contributed by atoms with Crippen LogP contribution in [0.25, 0.3) is 0 Å². The standard InChI is InChI=1S/C10H14N2O/c1-6-5-8(11)10(13-2)7-3-4-12-9(6)7/h5,12H,3-4,11H2,1-2H3. The van der Waals surface area contributed by atoms with Gasteiger partial charge in [0.25, 0.3) is 0 Å². The summed E-state index contributed by atoms with van der Waals surface area (Å²) in [5, 5.41) is 3.33. The number of nitrogens with one attached hydrogen (secondary N) is 1. The summed E-state index contributed by atoms with van der Waals surface area (Å²) in [4.78, 5) is 0. The highest BCUT2D eigenvalue weighted by Gasteiger charge is 2.19. The fourth-order valence-electron chi connectivity index (χ4n) is 1.93. The third-order valence-corrected chi connectivity index (χ3v) is 2.49. The second kappa shape index (κ2) is 2.83. The van der Waals surface area contributed by atoms with Crippen molar-refractivity contribution in [2.75, 3.05) is 24.7 Å². The molecular weight excluding hydrogens is 164 g/mol. The van der Waals surface area contributed by atoms with Crippen LogP contribution in [0.5, 0.6) is 5.75 Å². The van der Waals surface area contributed by atoms with Crippen LogP contribution in [0.4, 0.5) is 11.4 Å². The highest BCUT2D eigenvalue weighted by Crippen LogP contribution is 2.38. The van der Waals surface area contributed by atoms with Gasteiger partial charge in [-0.3, -0.25) is 0 Å². The monoisotopic (exact) mass is 178 g/mol. The molecule has 0 spiro atoms. The topological polar surface area (TPSA) is 47.3 Å². The maximum atomic E-state index is 5.85. The second-order valence-electron chi connectivity index (χ2n) is 3.35. The van der Waals surface area contributed by atoms with E-state index in [1.54, 1.807) is 7.11 Å². The van der Waals surface area contributed by atoms with Gasteiger partial charge >= 0.3 is 0 Å². The normalized spacial score (nSPS) is 13.7. The molecule has 0 amide bonds. The molecule has 13 heavy (non-hydrogen) atoms. The molecule has 1 aliphatic rings. The van der Waals surface area contributed by atoms with Gasteiger partial charge in [-0.25, -0.2) is 0 Å². The molecule has 0 atom stereocenters. The molecule has 70 valence electrons. The van der Waals surface area contributed by atoms with E-state index in [-0.39, 0.29) is 0 Å². The van der Waals surface area contributed by atoms with E-state index < -0.39 is 0 Å². The summed E-state index contributed by atoms with van der Waals surface area (Å²) in [5.74, 6) is 0.839. The SMILES string of the molecule is COc1c(N)cc(C)c2c1CCN2. The minimum atomic E-state index is 0.738. The highest BCUT2D eigenvalue weighted by molar-refractivity contribution is 5.73. The molecule has 2 rings (SSSR count). The van der Waals surface area contributed by atoms with Gasteiger partial charge in [-0.15, -0.1) is 0 Å². The van der Waals surface area contributed by atoms with Crippen molar-refractivity contribution in [2.24, 2.45) is 0 Å². The van der Waals surface area contributed by atoms with Gasteiger partial charge in [0.2, 0.25) is 0 Å². The first kappa shape index (κ1) is 8.23. The van der Waals surface area contributed by atoms with Crippen LogP contribution in [0.15, 0.2) is 6.07 Å². The molecule has 3 heteroatoms. The molecule has 0 aliphatic carbocycles. The molecule has 0 bridgehead atoms. The minimum absolute atomic E-state index is 0.738. The van der Waals surface area contributed by atoms with Crippen LogP contribution in [0, 0.1) is 6.92 Å². The first-order valence-corrected chi connectivity index (χ1v) is 4.44. The first-order chi connectivity index (χ1) is 6.24. The average molecular weight is 178 g/mol. The van der Waals surface area contributed by atoms with Crippen molar-refractivity contribution in [3.63, 3.8) is 0 Å². The quantitative estimate of drug-likeness (QED) is 0.641. The lowest BCUT2D eigenvalue weighted by atomic mass is 10.1. The average Bonchev–Trinajstić information content (AvgIpc) is 2.53. The van der Waals surface area contributed by atoms with Crippen LogP contribution >= 0.6 is 0 Å². The Hall–Kier alpha value is -1.38. The molecule has 3 N–H and O–H groups in total. The summed E-state index contributed by atoms with van der Waals surface area (Å²) in [5.41, 5.74) is 10.2. The fourth-order valence-corrected chi connectivity index (χ4v) is 1.93. The summed E-state index contributed by atoms with van der Waals surface area (Å²) >= 11 is 0. The van der Waals surface area contributed by atoms with Crippen LogP contribution in [0.2, 0.25) is 0 Å². The van der Waals surface area contributed by atoms with E-state index in [1.807, 2.05) is 6.07 Å². The van der Waals surface area contributed by atoms with Gasteiger partial charge in [-0.05, 0) is 25.0 Å². The number of hydrogen-bond acceptors (Lipinski definition) is 3. The Bertz CT molecular complexity index is 347. The zero-order chi connectivity index (χ0) is 9.42. The molecule has 1 heterocycles. The Labute approximate surface area is 77.9 Å². The van der Waals surface area contributed by atoms with Crippen LogP contribution in [-0.2, 0) is 6.42 Å². The van der Waals surface area contributed by atoms with Gasteiger partial charge in [0, 0.05) is 17.8 Å². The van der Waals surface area contributed by atoms with Crippen LogP contribution < -0.4 is 15.8 Å². The molecule has 1 aromatic rings. The van der Waals surface area contributed by atoms with Crippen LogP contribution in [0.3, 0.4) is 0 Å². The van der Waals surface area contributed by atoms with Crippen molar-refractivity contribution in [3.8, 4) is 5.75 Å². The molecule has 0 saturated heterocycles.